The second-order valence-electron chi connectivity index (χ2n) is 3.04. The molecular weight excluding hydrogens is 215 g/mol. The van der Waals surface area contributed by atoms with E-state index in [2.05, 4.69) is 5.16 Å². The number of halogens is 1. The molecule has 2 N–H and O–H groups in total. The van der Waals surface area contributed by atoms with Gasteiger partial charge in [-0.3, -0.25) is 0 Å². The van der Waals surface area contributed by atoms with Crippen LogP contribution in [0.4, 0.5) is 4.39 Å². The zero-order chi connectivity index (χ0) is 10.7. The number of thioether (sulfide) groups is 1. The third-order valence-electron chi connectivity index (χ3n) is 2.00. The van der Waals surface area contributed by atoms with Crippen molar-refractivity contribution in [2.24, 2.45) is 5.73 Å². The molecule has 0 aliphatic rings. The van der Waals surface area contributed by atoms with Crippen molar-refractivity contribution < 1.29 is 8.91 Å². The van der Waals surface area contributed by atoms with Crippen LogP contribution in [0, 0.1) is 0 Å². The Kier molecular flexibility index (Phi) is 3.23. The predicted molar refractivity (Wildman–Crippen MR) is 59.4 cm³/mol. The number of fused-ring (bicyclic) bond motifs is 1. The summed E-state index contributed by atoms with van der Waals surface area (Å²) < 4.78 is 18.7. The molecule has 1 unspecified atom stereocenters. The summed E-state index contributed by atoms with van der Waals surface area (Å²) in [6.07, 6.45) is 0. The summed E-state index contributed by atoms with van der Waals surface area (Å²) in [5, 5.41) is 4.47. The lowest BCUT2D eigenvalue weighted by Gasteiger charge is -2.02. The molecule has 80 valence electrons. The average Bonchev–Trinajstić information content (AvgIpc) is 2.69. The minimum Gasteiger partial charge on any atom is -0.356 e. The second kappa shape index (κ2) is 4.63. The van der Waals surface area contributed by atoms with Crippen LogP contribution in [0.1, 0.15) is 11.2 Å². The zero-order valence-electron chi connectivity index (χ0n) is 8.02. The molecule has 0 fully saturated rings. The number of nitrogens with two attached hydrogens (primary N) is 1. The van der Waals surface area contributed by atoms with Gasteiger partial charge < -0.3 is 10.3 Å². The first-order valence-corrected chi connectivity index (χ1v) is 5.68. The van der Waals surface area contributed by atoms with E-state index in [9.17, 15) is 4.39 Å². The molecule has 0 saturated carbocycles. The van der Waals surface area contributed by atoms with Crippen molar-refractivity contribution in [3.8, 4) is 0 Å². The molecule has 2 rings (SSSR count). The van der Waals surface area contributed by atoms with Crippen molar-refractivity contribution in [3.05, 3.63) is 30.0 Å². The fourth-order valence-electron chi connectivity index (χ4n) is 1.32. The van der Waals surface area contributed by atoms with Crippen LogP contribution in [-0.2, 0) is 0 Å². The number of benzene rings is 1. The van der Waals surface area contributed by atoms with Gasteiger partial charge in [-0.2, -0.15) is 0 Å². The summed E-state index contributed by atoms with van der Waals surface area (Å²) in [6, 6.07) is 7.24. The molecule has 0 saturated heterocycles. The van der Waals surface area contributed by atoms with E-state index in [4.69, 9.17) is 10.3 Å². The second-order valence-corrected chi connectivity index (χ2v) is 4.19. The third kappa shape index (κ3) is 2.13. The van der Waals surface area contributed by atoms with Crippen molar-refractivity contribution in [2.45, 2.75) is 5.50 Å². The van der Waals surface area contributed by atoms with E-state index in [0.717, 1.165) is 17.1 Å². The van der Waals surface area contributed by atoms with Crippen molar-refractivity contribution in [1.29, 1.82) is 0 Å². The number of para-hydroxylation sites is 1. The Morgan fingerprint density at radius 3 is 3.07 bits per heavy atom. The number of alkyl halides is 1. The van der Waals surface area contributed by atoms with Crippen molar-refractivity contribution in [2.75, 3.05) is 12.3 Å². The fraction of sp³-hybridized carbons (Fsp3) is 0.300. The van der Waals surface area contributed by atoms with Crippen LogP contribution in [0.15, 0.2) is 28.8 Å². The largest absolute Gasteiger partial charge is 0.356 e. The van der Waals surface area contributed by atoms with Gasteiger partial charge >= 0.3 is 0 Å². The topological polar surface area (TPSA) is 52.0 Å². The number of nitrogens with zero attached hydrogens (tertiary/aromatic N) is 1. The molecule has 5 heteroatoms. The first-order valence-electron chi connectivity index (χ1n) is 4.63. The Bertz CT molecular complexity index is 446. The smallest absolute Gasteiger partial charge is 0.192 e. The van der Waals surface area contributed by atoms with E-state index in [0.29, 0.717) is 23.6 Å². The van der Waals surface area contributed by atoms with E-state index in [1.54, 1.807) is 12.1 Å². The molecule has 0 bridgehead atoms. The van der Waals surface area contributed by atoms with Crippen LogP contribution in [-0.4, -0.2) is 17.5 Å². The fourth-order valence-corrected chi connectivity index (χ4v) is 1.99. The Labute approximate surface area is 90.8 Å². The van der Waals surface area contributed by atoms with Crippen molar-refractivity contribution >= 4 is 22.7 Å². The van der Waals surface area contributed by atoms with Crippen LogP contribution in [0.25, 0.3) is 11.0 Å². The lowest BCUT2D eigenvalue weighted by Crippen LogP contribution is -2.02. The maximum Gasteiger partial charge on any atom is 0.192 e. The maximum absolute atomic E-state index is 13.7. The molecule has 0 spiro atoms. The summed E-state index contributed by atoms with van der Waals surface area (Å²) >= 11 is 1.13. The standard InChI is InChI=1S/C10H11FN2OS/c11-10(15-6-5-12)9-7-3-1-2-4-8(7)14-13-9/h1-4,10H,5-6,12H2. The first-order chi connectivity index (χ1) is 7.33. The lowest BCUT2D eigenvalue weighted by atomic mass is 10.2. The number of hydrogen-bond acceptors (Lipinski definition) is 4. The molecule has 1 heterocycles. The molecule has 0 aliphatic carbocycles. The van der Waals surface area contributed by atoms with Gasteiger partial charge in [0.05, 0.1) is 0 Å². The highest BCUT2D eigenvalue weighted by Crippen LogP contribution is 2.33. The minimum atomic E-state index is -1.17. The highest BCUT2D eigenvalue weighted by molar-refractivity contribution is 7.99. The van der Waals surface area contributed by atoms with Crippen LogP contribution < -0.4 is 5.73 Å². The van der Waals surface area contributed by atoms with Gasteiger partial charge in [-0.25, -0.2) is 4.39 Å². The highest BCUT2D eigenvalue weighted by Gasteiger charge is 2.17. The van der Waals surface area contributed by atoms with E-state index >= 15 is 0 Å². The lowest BCUT2D eigenvalue weighted by molar-refractivity contribution is 0.403. The summed E-state index contributed by atoms with van der Waals surface area (Å²) in [6.45, 7) is 0.459. The summed E-state index contributed by atoms with van der Waals surface area (Å²) in [7, 11) is 0. The Morgan fingerprint density at radius 1 is 1.47 bits per heavy atom. The summed E-state index contributed by atoms with van der Waals surface area (Å²) in [5.74, 6) is 0.572. The van der Waals surface area contributed by atoms with E-state index in [1.807, 2.05) is 12.1 Å². The van der Waals surface area contributed by atoms with Crippen molar-refractivity contribution in [3.63, 3.8) is 0 Å². The number of hydrogen-bond donors (Lipinski definition) is 1. The van der Waals surface area contributed by atoms with Gasteiger partial charge in [0.2, 0.25) is 0 Å². The molecule has 1 aromatic carbocycles. The van der Waals surface area contributed by atoms with Gasteiger partial charge in [-0.05, 0) is 12.1 Å². The Balaban J connectivity index is 2.27. The molecule has 3 nitrogen and oxygen atoms in total. The van der Waals surface area contributed by atoms with Gasteiger partial charge in [-0.15, -0.1) is 11.8 Å². The molecule has 2 aromatic rings. The summed E-state index contributed by atoms with van der Waals surface area (Å²) in [5.41, 5.74) is 5.11. The highest BCUT2D eigenvalue weighted by atomic mass is 32.2. The number of rotatable bonds is 4. The van der Waals surface area contributed by atoms with Crippen molar-refractivity contribution in [1.82, 2.24) is 5.16 Å². The number of aromatic nitrogens is 1. The van der Waals surface area contributed by atoms with Gasteiger partial charge in [0, 0.05) is 17.7 Å². The Morgan fingerprint density at radius 2 is 2.27 bits per heavy atom. The molecule has 0 aliphatic heterocycles. The Hall–Kier alpha value is -1.07. The van der Waals surface area contributed by atoms with Crippen LogP contribution in [0.2, 0.25) is 0 Å². The van der Waals surface area contributed by atoms with Gasteiger partial charge in [0.15, 0.2) is 11.1 Å². The average molecular weight is 226 g/mol. The molecule has 15 heavy (non-hydrogen) atoms. The molecule has 0 amide bonds. The normalized spacial score (nSPS) is 13.2. The van der Waals surface area contributed by atoms with Gasteiger partial charge in [0.25, 0.3) is 0 Å². The molecule has 1 atom stereocenters. The SMILES string of the molecule is NCCSC(F)c1noc2ccccc12. The maximum atomic E-state index is 13.7. The predicted octanol–water partition coefficient (Wildman–Crippen LogP) is 2.49. The van der Waals surface area contributed by atoms with E-state index < -0.39 is 5.50 Å². The van der Waals surface area contributed by atoms with Crippen LogP contribution in [0.3, 0.4) is 0 Å². The van der Waals surface area contributed by atoms with E-state index in [-0.39, 0.29) is 0 Å². The van der Waals surface area contributed by atoms with Crippen LogP contribution >= 0.6 is 11.8 Å². The molecular formula is C10H11FN2OS. The minimum absolute atomic E-state index is 0.351. The molecule has 1 aromatic heterocycles. The molecule has 0 radical (unpaired) electrons. The quantitative estimate of drug-likeness (QED) is 0.870. The van der Waals surface area contributed by atoms with Crippen LogP contribution in [0.5, 0.6) is 0 Å². The van der Waals surface area contributed by atoms with E-state index in [1.165, 1.54) is 0 Å². The monoisotopic (exact) mass is 226 g/mol. The van der Waals surface area contributed by atoms with Gasteiger partial charge in [-0.1, -0.05) is 17.3 Å². The third-order valence-corrected chi connectivity index (χ3v) is 2.99. The zero-order valence-corrected chi connectivity index (χ0v) is 8.84. The first kappa shape index (κ1) is 10.4. The summed E-state index contributed by atoms with van der Waals surface area (Å²) in [4.78, 5) is 0. The van der Waals surface area contributed by atoms with Gasteiger partial charge in [0.1, 0.15) is 5.69 Å².